The molecular weight excluding hydrogens is 442 g/mol. The summed E-state index contributed by atoms with van der Waals surface area (Å²) in [5, 5.41) is 10.9. The van der Waals surface area contributed by atoms with E-state index in [2.05, 4.69) is 34.4 Å². The Kier molecular flexibility index (Phi) is 7.41. The number of likely N-dealkylation sites (N-methyl/N-ethyl adjacent to an activating group) is 1. The number of aryl methyl sites for hydroxylation is 1. The van der Waals surface area contributed by atoms with Crippen molar-refractivity contribution in [2.45, 2.75) is 39.0 Å². The summed E-state index contributed by atoms with van der Waals surface area (Å²) < 4.78 is 23.5. The van der Waals surface area contributed by atoms with Gasteiger partial charge < -0.3 is 20.5 Å². The molecule has 0 aliphatic carbocycles. The zero-order chi connectivity index (χ0) is 24.3. The zero-order valence-electron chi connectivity index (χ0n) is 19.4. The number of carbonyl (C=O) groups excluding carboxylic acids is 2. The minimum absolute atomic E-state index is 0.0618. The van der Waals surface area contributed by atoms with Crippen LogP contribution in [0.4, 0.5) is 5.69 Å². The first-order valence-corrected chi connectivity index (χ1v) is 12.5. The average Bonchev–Trinajstić information content (AvgIpc) is 3.20. The number of nitrogens with two attached hydrogens (primary N) is 1. The lowest BCUT2D eigenvalue weighted by molar-refractivity contribution is -0.120. The maximum absolute atomic E-state index is 12.6. The van der Waals surface area contributed by atoms with Gasteiger partial charge in [-0.3, -0.25) is 9.59 Å². The van der Waals surface area contributed by atoms with Crippen LogP contribution in [0.25, 0.3) is 11.6 Å². The molecule has 0 saturated carbocycles. The van der Waals surface area contributed by atoms with Crippen molar-refractivity contribution in [3.05, 3.63) is 46.3 Å². The Balaban J connectivity index is 1.82. The van der Waals surface area contributed by atoms with E-state index in [0.29, 0.717) is 29.1 Å². The van der Waals surface area contributed by atoms with Crippen LogP contribution in [-0.2, 0) is 26.0 Å². The lowest BCUT2D eigenvalue weighted by Gasteiger charge is -2.18. The molecule has 0 radical (unpaired) electrons. The van der Waals surface area contributed by atoms with E-state index in [1.54, 1.807) is 6.08 Å². The second kappa shape index (κ2) is 9.90. The van der Waals surface area contributed by atoms with Crippen LogP contribution in [0.3, 0.4) is 0 Å². The Bertz CT molecular complexity index is 1210. The molecule has 0 bridgehead atoms. The number of nitrogens with one attached hydrogen (secondary N) is 3. The Morgan fingerprint density at radius 1 is 1.21 bits per heavy atom. The largest absolute Gasteiger partial charge is 0.359 e. The minimum Gasteiger partial charge on any atom is -0.359 e. The molecule has 9 nitrogen and oxygen atoms in total. The van der Waals surface area contributed by atoms with Gasteiger partial charge in [0.15, 0.2) is 0 Å². The third-order valence-corrected chi connectivity index (χ3v) is 6.92. The average molecular weight is 474 g/mol. The highest BCUT2D eigenvalue weighted by atomic mass is 32.2. The smallest absolute Gasteiger partial charge is 0.256 e. The van der Waals surface area contributed by atoms with E-state index in [1.165, 1.54) is 18.2 Å². The highest BCUT2D eigenvalue weighted by molar-refractivity contribution is 7.89. The van der Waals surface area contributed by atoms with Gasteiger partial charge in [-0.2, -0.15) is 0 Å². The van der Waals surface area contributed by atoms with Gasteiger partial charge in [-0.15, -0.1) is 0 Å². The summed E-state index contributed by atoms with van der Waals surface area (Å²) in [7, 11) is -3.90. The number of hydrogen-bond acceptors (Lipinski definition) is 5. The molecule has 0 unspecified atom stereocenters. The topological polar surface area (TPSA) is 137 Å². The molecule has 178 valence electrons. The first-order chi connectivity index (χ1) is 15.5. The summed E-state index contributed by atoms with van der Waals surface area (Å²) in [5.74, 6) is -0.396. The SMILES string of the molecule is CCN(CC)CCNC(=O)Cc1c(C)[nH]c(C=C2C(=O)Nc3ccc(S(N)(=O)=O)cc32)c1C. The molecule has 0 saturated heterocycles. The summed E-state index contributed by atoms with van der Waals surface area (Å²) in [6, 6.07) is 4.27. The van der Waals surface area contributed by atoms with Crippen LogP contribution in [0, 0.1) is 13.8 Å². The number of nitrogens with zero attached hydrogens (tertiary/aromatic N) is 1. The van der Waals surface area contributed by atoms with Crippen molar-refractivity contribution in [3.63, 3.8) is 0 Å². The van der Waals surface area contributed by atoms with Gasteiger partial charge in [0.25, 0.3) is 5.91 Å². The molecule has 0 fully saturated rings. The number of amides is 2. The molecule has 3 rings (SSSR count). The number of primary sulfonamides is 1. The fourth-order valence-electron chi connectivity index (χ4n) is 3.97. The number of anilines is 1. The van der Waals surface area contributed by atoms with E-state index >= 15 is 0 Å². The highest BCUT2D eigenvalue weighted by Gasteiger charge is 2.26. The van der Waals surface area contributed by atoms with E-state index < -0.39 is 10.0 Å². The summed E-state index contributed by atoms with van der Waals surface area (Å²) in [4.78, 5) is 30.5. The van der Waals surface area contributed by atoms with Gasteiger partial charge >= 0.3 is 0 Å². The van der Waals surface area contributed by atoms with Crippen LogP contribution < -0.4 is 15.8 Å². The van der Waals surface area contributed by atoms with Crippen LogP contribution in [0.15, 0.2) is 23.1 Å². The number of H-pyrrole nitrogens is 1. The Labute approximate surface area is 194 Å². The highest BCUT2D eigenvalue weighted by Crippen LogP contribution is 2.35. The van der Waals surface area contributed by atoms with Crippen LogP contribution in [0.1, 0.15) is 41.9 Å². The van der Waals surface area contributed by atoms with Crippen molar-refractivity contribution in [2.24, 2.45) is 5.14 Å². The number of rotatable bonds is 9. The van der Waals surface area contributed by atoms with Crippen LogP contribution in [-0.4, -0.2) is 56.3 Å². The number of fused-ring (bicyclic) bond motifs is 1. The van der Waals surface area contributed by atoms with Gasteiger partial charge in [-0.05, 0) is 62.3 Å². The Hall–Kier alpha value is -2.95. The van der Waals surface area contributed by atoms with Crippen molar-refractivity contribution in [2.75, 3.05) is 31.5 Å². The predicted molar refractivity (Wildman–Crippen MR) is 129 cm³/mol. The van der Waals surface area contributed by atoms with E-state index in [0.717, 1.165) is 36.5 Å². The van der Waals surface area contributed by atoms with Gasteiger partial charge in [0.1, 0.15) is 0 Å². The number of carbonyl (C=O) groups is 2. The molecular formula is C23H31N5O4S. The van der Waals surface area contributed by atoms with Gasteiger partial charge in [-0.1, -0.05) is 13.8 Å². The minimum atomic E-state index is -3.90. The molecule has 0 atom stereocenters. The molecule has 1 aliphatic heterocycles. The molecule has 5 N–H and O–H groups in total. The first kappa shape index (κ1) is 24.7. The summed E-state index contributed by atoms with van der Waals surface area (Å²) >= 11 is 0. The summed E-state index contributed by atoms with van der Waals surface area (Å²) in [5.41, 5.74) is 4.59. The molecule has 2 amide bonds. The van der Waals surface area contributed by atoms with E-state index in [9.17, 15) is 18.0 Å². The van der Waals surface area contributed by atoms with Crippen molar-refractivity contribution in [1.82, 2.24) is 15.2 Å². The van der Waals surface area contributed by atoms with Crippen molar-refractivity contribution in [3.8, 4) is 0 Å². The number of aromatic nitrogens is 1. The predicted octanol–water partition coefficient (Wildman–Crippen LogP) is 1.77. The second-order valence-electron chi connectivity index (χ2n) is 8.09. The molecule has 1 aromatic carbocycles. The van der Waals surface area contributed by atoms with Gasteiger partial charge in [0, 0.05) is 35.7 Å². The molecule has 0 spiro atoms. The maximum atomic E-state index is 12.6. The van der Waals surface area contributed by atoms with Crippen molar-refractivity contribution in [1.29, 1.82) is 0 Å². The number of benzene rings is 1. The molecule has 2 aromatic rings. The van der Waals surface area contributed by atoms with Crippen molar-refractivity contribution >= 4 is 39.2 Å². The van der Waals surface area contributed by atoms with Crippen LogP contribution >= 0.6 is 0 Å². The van der Waals surface area contributed by atoms with E-state index in [4.69, 9.17) is 5.14 Å². The monoisotopic (exact) mass is 473 g/mol. The fraction of sp³-hybridized carbons (Fsp3) is 0.391. The van der Waals surface area contributed by atoms with Gasteiger partial charge in [-0.25, -0.2) is 13.6 Å². The molecule has 1 aliphatic rings. The second-order valence-corrected chi connectivity index (χ2v) is 9.65. The normalized spacial score (nSPS) is 14.6. The molecule has 10 heteroatoms. The maximum Gasteiger partial charge on any atom is 0.256 e. The zero-order valence-corrected chi connectivity index (χ0v) is 20.2. The van der Waals surface area contributed by atoms with Gasteiger partial charge in [0.2, 0.25) is 15.9 Å². The summed E-state index contributed by atoms with van der Waals surface area (Å²) in [6.45, 7) is 11.2. The van der Waals surface area contributed by atoms with Gasteiger partial charge in [0.05, 0.1) is 16.9 Å². The van der Waals surface area contributed by atoms with E-state index in [1.807, 2.05) is 13.8 Å². The third kappa shape index (κ3) is 5.52. The lowest BCUT2D eigenvalue weighted by atomic mass is 10.0. The van der Waals surface area contributed by atoms with Crippen molar-refractivity contribution < 1.29 is 18.0 Å². The molecule has 33 heavy (non-hydrogen) atoms. The van der Waals surface area contributed by atoms with Crippen LogP contribution in [0.5, 0.6) is 0 Å². The quantitative estimate of drug-likeness (QED) is 0.411. The Morgan fingerprint density at radius 2 is 1.91 bits per heavy atom. The number of sulfonamides is 1. The standard InChI is InChI=1S/C23H31N5O4S/c1-5-28(6-2)10-9-25-22(29)13-17-14(3)21(26-15(17)4)12-19-18-11-16(33(24,31)32)7-8-20(18)27-23(19)30/h7-8,11-12,26H,5-6,9-10,13H2,1-4H3,(H,25,29)(H,27,30)(H2,24,31,32). The first-order valence-electron chi connectivity index (χ1n) is 10.9. The summed E-state index contributed by atoms with van der Waals surface area (Å²) in [6.07, 6.45) is 1.91. The molecule has 2 heterocycles. The third-order valence-electron chi connectivity index (χ3n) is 6.00. The number of aromatic amines is 1. The lowest BCUT2D eigenvalue weighted by Crippen LogP contribution is -2.35. The van der Waals surface area contributed by atoms with E-state index in [-0.39, 0.29) is 23.1 Å². The number of hydrogen-bond donors (Lipinski definition) is 4. The van der Waals surface area contributed by atoms with Crippen LogP contribution in [0.2, 0.25) is 0 Å². The molecule has 1 aromatic heterocycles. The fourth-order valence-corrected chi connectivity index (χ4v) is 4.51. The Morgan fingerprint density at radius 3 is 2.55 bits per heavy atom.